The van der Waals surface area contributed by atoms with E-state index in [0.29, 0.717) is 6.04 Å². The molecule has 1 aliphatic heterocycles. The van der Waals surface area contributed by atoms with Crippen molar-refractivity contribution in [1.29, 1.82) is 0 Å². The molecule has 2 aliphatic rings. The van der Waals surface area contributed by atoms with Gasteiger partial charge in [-0.05, 0) is 56.0 Å². The Morgan fingerprint density at radius 2 is 1.89 bits per heavy atom. The van der Waals surface area contributed by atoms with E-state index in [9.17, 15) is 0 Å². The number of piperidine rings is 1. The summed E-state index contributed by atoms with van der Waals surface area (Å²) in [5.41, 5.74) is 1.10. The van der Waals surface area contributed by atoms with Gasteiger partial charge in [-0.15, -0.1) is 5.10 Å². The van der Waals surface area contributed by atoms with Gasteiger partial charge in [-0.2, -0.15) is 0 Å². The summed E-state index contributed by atoms with van der Waals surface area (Å²) in [5.74, 6) is 1.78. The zero-order chi connectivity index (χ0) is 18.6. The predicted octanol–water partition coefficient (Wildman–Crippen LogP) is 3.49. The fraction of sp³-hybridized carbons (Fsp3) is 0.700. The second-order valence-electron chi connectivity index (χ2n) is 7.93. The smallest absolute Gasteiger partial charge is 0.216 e. The molecule has 1 saturated carbocycles. The van der Waals surface area contributed by atoms with Crippen LogP contribution in [-0.4, -0.2) is 49.3 Å². The second kappa shape index (κ2) is 8.33. The molecule has 0 amide bonds. The summed E-state index contributed by atoms with van der Waals surface area (Å²) in [6.45, 7) is 6.27. The van der Waals surface area contributed by atoms with Crippen LogP contribution < -0.4 is 4.74 Å². The monoisotopic (exact) mass is 370 g/mol. The molecule has 0 aromatic carbocycles. The number of rotatable bonds is 5. The average Bonchev–Trinajstić information content (AvgIpc) is 3.20. The molecule has 27 heavy (non-hydrogen) atoms. The van der Waals surface area contributed by atoms with Crippen molar-refractivity contribution in [3.63, 3.8) is 0 Å². The van der Waals surface area contributed by atoms with Crippen LogP contribution in [0.1, 0.15) is 75.3 Å². The molecule has 0 N–H and O–H groups in total. The van der Waals surface area contributed by atoms with Gasteiger partial charge in [0.2, 0.25) is 5.88 Å². The van der Waals surface area contributed by atoms with E-state index >= 15 is 0 Å². The molecule has 1 atom stereocenters. The first-order valence-electron chi connectivity index (χ1n) is 10.3. The molecular weight excluding hydrogens is 340 g/mol. The number of aromatic nitrogens is 5. The van der Waals surface area contributed by atoms with Crippen LogP contribution >= 0.6 is 0 Å². The molecule has 0 radical (unpaired) electrons. The molecule has 4 rings (SSSR count). The number of pyridine rings is 1. The second-order valence-corrected chi connectivity index (χ2v) is 7.93. The van der Waals surface area contributed by atoms with Crippen LogP contribution in [0.5, 0.6) is 5.88 Å². The van der Waals surface area contributed by atoms with Crippen molar-refractivity contribution >= 4 is 0 Å². The summed E-state index contributed by atoms with van der Waals surface area (Å²) < 4.78 is 8.24. The SMILES string of the molecule is Cc1cccnc1OC1CCN(C(C)c2nnnn2C2CCCCC2)CC1. The van der Waals surface area contributed by atoms with E-state index in [0.717, 1.165) is 43.2 Å². The number of ether oxygens (including phenoxy) is 1. The molecule has 7 nitrogen and oxygen atoms in total. The van der Waals surface area contributed by atoms with Gasteiger partial charge in [0.25, 0.3) is 0 Å². The average molecular weight is 371 g/mol. The standard InChI is InChI=1S/C20H30N6O/c1-15-7-6-12-21-20(15)27-18-10-13-25(14-11-18)16(2)19-22-23-24-26(19)17-8-4-3-5-9-17/h6-7,12,16-18H,3-5,8-11,13-14H2,1-2H3. The maximum absolute atomic E-state index is 6.14. The minimum atomic E-state index is 0.233. The largest absolute Gasteiger partial charge is 0.474 e. The van der Waals surface area contributed by atoms with Crippen LogP contribution in [0.25, 0.3) is 0 Å². The minimum Gasteiger partial charge on any atom is -0.474 e. The zero-order valence-electron chi connectivity index (χ0n) is 16.4. The van der Waals surface area contributed by atoms with Gasteiger partial charge in [0, 0.05) is 24.8 Å². The Morgan fingerprint density at radius 3 is 2.63 bits per heavy atom. The third kappa shape index (κ3) is 4.13. The van der Waals surface area contributed by atoms with E-state index in [1.807, 2.05) is 19.1 Å². The van der Waals surface area contributed by atoms with E-state index in [1.165, 1.54) is 32.1 Å². The highest BCUT2D eigenvalue weighted by Gasteiger charge is 2.30. The van der Waals surface area contributed by atoms with Gasteiger partial charge in [-0.1, -0.05) is 25.3 Å². The Balaban J connectivity index is 1.36. The molecule has 1 unspecified atom stereocenters. The van der Waals surface area contributed by atoms with E-state index in [1.54, 1.807) is 6.20 Å². The third-order valence-corrected chi connectivity index (χ3v) is 6.08. The molecule has 0 spiro atoms. The predicted molar refractivity (Wildman–Crippen MR) is 103 cm³/mol. The third-order valence-electron chi connectivity index (χ3n) is 6.08. The Morgan fingerprint density at radius 1 is 1.11 bits per heavy atom. The van der Waals surface area contributed by atoms with Crippen molar-refractivity contribution < 1.29 is 4.74 Å². The van der Waals surface area contributed by atoms with Gasteiger partial charge >= 0.3 is 0 Å². The molecule has 146 valence electrons. The molecule has 2 aromatic rings. The van der Waals surface area contributed by atoms with Crippen molar-refractivity contribution in [2.45, 2.75) is 77.0 Å². The lowest BCUT2D eigenvalue weighted by Crippen LogP contribution is -2.40. The highest BCUT2D eigenvalue weighted by molar-refractivity contribution is 5.23. The Labute approximate surface area is 161 Å². The van der Waals surface area contributed by atoms with Crippen LogP contribution in [0.15, 0.2) is 18.3 Å². The number of likely N-dealkylation sites (tertiary alicyclic amines) is 1. The normalized spacial score (nSPS) is 21.3. The van der Waals surface area contributed by atoms with Crippen molar-refractivity contribution in [3.8, 4) is 5.88 Å². The Hall–Kier alpha value is -2.02. The molecule has 2 fully saturated rings. The van der Waals surface area contributed by atoms with Crippen molar-refractivity contribution in [2.75, 3.05) is 13.1 Å². The van der Waals surface area contributed by atoms with Crippen LogP contribution in [-0.2, 0) is 0 Å². The number of hydrogen-bond acceptors (Lipinski definition) is 6. The van der Waals surface area contributed by atoms with Crippen LogP contribution in [0.3, 0.4) is 0 Å². The van der Waals surface area contributed by atoms with Crippen molar-refractivity contribution in [3.05, 3.63) is 29.7 Å². The van der Waals surface area contributed by atoms with Gasteiger partial charge in [-0.25, -0.2) is 9.67 Å². The minimum absolute atomic E-state index is 0.233. The maximum Gasteiger partial charge on any atom is 0.216 e. The van der Waals surface area contributed by atoms with Crippen molar-refractivity contribution in [1.82, 2.24) is 30.1 Å². The van der Waals surface area contributed by atoms with Crippen LogP contribution in [0, 0.1) is 6.92 Å². The quantitative estimate of drug-likeness (QED) is 0.802. The number of aryl methyl sites for hydroxylation is 1. The summed E-state index contributed by atoms with van der Waals surface area (Å²) in [7, 11) is 0. The summed E-state index contributed by atoms with van der Waals surface area (Å²) in [4.78, 5) is 6.85. The van der Waals surface area contributed by atoms with E-state index in [-0.39, 0.29) is 12.1 Å². The Bertz CT molecular complexity index is 734. The lowest BCUT2D eigenvalue weighted by Gasteiger charge is -2.36. The van der Waals surface area contributed by atoms with Crippen LogP contribution in [0.2, 0.25) is 0 Å². The molecule has 7 heteroatoms. The molecule has 2 aromatic heterocycles. The van der Waals surface area contributed by atoms with Crippen molar-refractivity contribution in [2.24, 2.45) is 0 Å². The molecular formula is C20H30N6O. The first-order chi connectivity index (χ1) is 13.2. The topological polar surface area (TPSA) is 69.0 Å². The summed E-state index contributed by atoms with van der Waals surface area (Å²) in [5, 5.41) is 12.7. The summed E-state index contributed by atoms with van der Waals surface area (Å²) >= 11 is 0. The lowest BCUT2D eigenvalue weighted by molar-refractivity contribution is 0.0719. The van der Waals surface area contributed by atoms with E-state index in [4.69, 9.17) is 4.74 Å². The lowest BCUT2D eigenvalue weighted by atomic mass is 9.95. The van der Waals surface area contributed by atoms with E-state index in [2.05, 4.69) is 37.0 Å². The van der Waals surface area contributed by atoms with E-state index < -0.39 is 0 Å². The summed E-state index contributed by atoms with van der Waals surface area (Å²) in [6, 6.07) is 4.70. The molecule has 1 saturated heterocycles. The first-order valence-corrected chi connectivity index (χ1v) is 10.3. The Kier molecular flexibility index (Phi) is 5.66. The van der Waals surface area contributed by atoms with Gasteiger partial charge in [0.05, 0.1) is 12.1 Å². The van der Waals surface area contributed by atoms with Crippen LogP contribution in [0.4, 0.5) is 0 Å². The summed E-state index contributed by atoms with van der Waals surface area (Å²) in [6.07, 6.45) is 10.3. The van der Waals surface area contributed by atoms with Gasteiger partial charge in [-0.3, -0.25) is 4.90 Å². The number of tetrazole rings is 1. The molecule has 3 heterocycles. The zero-order valence-corrected chi connectivity index (χ0v) is 16.4. The van der Waals surface area contributed by atoms with Gasteiger partial charge in [0.15, 0.2) is 5.82 Å². The highest BCUT2D eigenvalue weighted by Crippen LogP contribution is 2.31. The maximum atomic E-state index is 6.14. The molecule has 1 aliphatic carbocycles. The van der Waals surface area contributed by atoms with Gasteiger partial charge in [0.1, 0.15) is 6.10 Å². The molecule has 0 bridgehead atoms. The number of nitrogens with zero attached hydrogens (tertiary/aromatic N) is 6. The fourth-order valence-electron chi connectivity index (χ4n) is 4.36. The fourth-order valence-corrected chi connectivity index (χ4v) is 4.36. The number of hydrogen-bond donors (Lipinski definition) is 0. The first kappa shape index (κ1) is 18.3. The van der Waals surface area contributed by atoms with Gasteiger partial charge < -0.3 is 4.74 Å². The highest BCUT2D eigenvalue weighted by atomic mass is 16.5.